The average Bonchev–Trinajstić information content (AvgIpc) is 2.84. The highest BCUT2D eigenvalue weighted by Crippen LogP contribution is 2.28. The number of aromatic nitrogens is 2. The molecule has 0 aliphatic carbocycles. The number of carbonyl (C=O) groups is 2. The minimum absolute atomic E-state index is 0.202. The van der Waals surface area contributed by atoms with E-state index in [9.17, 15) is 9.59 Å². The fourth-order valence-electron chi connectivity index (χ4n) is 1.81. The van der Waals surface area contributed by atoms with E-state index in [-0.39, 0.29) is 5.54 Å². The van der Waals surface area contributed by atoms with E-state index in [0.717, 1.165) is 6.29 Å². The van der Waals surface area contributed by atoms with Gasteiger partial charge in [-0.25, -0.2) is 4.79 Å². The van der Waals surface area contributed by atoms with Crippen molar-refractivity contribution >= 4 is 12.4 Å². The van der Waals surface area contributed by atoms with Crippen LogP contribution in [0.4, 0.5) is 4.79 Å². The molecule has 1 atom stereocenters. The SMILES string of the molecule is CN(C(=O)OC(C)(C)C)C(C)(C=O)c1cnn(C(C)(C)C)c1. The second-order valence-corrected chi connectivity index (χ2v) is 7.65. The molecule has 0 N–H and O–H groups in total. The minimum Gasteiger partial charge on any atom is -0.444 e. The Kier molecular flexibility index (Phi) is 4.75. The molecule has 0 spiro atoms. The predicted octanol–water partition coefficient (Wildman–Crippen LogP) is 2.92. The van der Waals surface area contributed by atoms with Crippen molar-refractivity contribution in [1.82, 2.24) is 14.7 Å². The van der Waals surface area contributed by atoms with Crippen LogP contribution in [-0.4, -0.2) is 39.7 Å². The monoisotopic (exact) mass is 309 g/mol. The highest BCUT2D eigenvalue weighted by Gasteiger charge is 2.38. The van der Waals surface area contributed by atoms with Crippen molar-refractivity contribution < 1.29 is 14.3 Å². The minimum atomic E-state index is -1.13. The number of hydrogen-bond donors (Lipinski definition) is 0. The van der Waals surface area contributed by atoms with Crippen LogP contribution in [0.15, 0.2) is 12.4 Å². The van der Waals surface area contributed by atoms with Gasteiger partial charge in [0.05, 0.1) is 11.7 Å². The number of aldehydes is 1. The molecule has 124 valence electrons. The third-order valence-corrected chi connectivity index (χ3v) is 3.45. The van der Waals surface area contributed by atoms with Gasteiger partial charge in [0.2, 0.25) is 0 Å². The summed E-state index contributed by atoms with van der Waals surface area (Å²) in [6, 6.07) is 0. The van der Waals surface area contributed by atoms with Crippen molar-refractivity contribution in [2.75, 3.05) is 7.05 Å². The van der Waals surface area contributed by atoms with Gasteiger partial charge in [0.1, 0.15) is 17.4 Å². The fraction of sp³-hybridized carbons (Fsp3) is 0.688. The van der Waals surface area contributed by atoms with Gasteiger partial charge in [-0.3, -0.25) is 9.58 Å². The smallest absolute Gasteiger partial charge is 0.411 e. The molecule has 0 aliphatic heterocycles. The molecule has 1 rings (SSSR count). The van der Waals surface area contributed by atoms with E-state index < -0.39 is 17.2 Å². The number of nitrogens with zero attached hydrogens (tertiary/aromatic N) is 3. The summed E-state index contributed by atoms with van der Waals surface area (Å²) < 4.78 is 7.11. The maximum absolute atomic E-state index is 12.3. The van der Waals surface area contributed by atoms with Crippen LogP contribution >= 0.6 is 0 Å². The molecular formula is C16H27N3O3. The highest BCUT2D eigenvalue weighted by atomic mass is 16.6. The maximum atomic E-state index is 12.3. The summed E-state index contributed by atoms with van der Waals surface area (Å²) in [6.45, 7) is 13.1. The third-order valence-electron chi connectivity index (χ3n) is 3.45. The van der Waals surface area contributed by atoms with Gasteiger partial charge in [-0.05, 0) is 48.5 Å². The van der Waals surface area contributed by atoms with E-state index in [2.05, 4.69) is 5.10 Å². The number of hydrogen-bond acceptors (Lipinski definition) is 4. The number of ether oxygens (including phenoxy) is 1. The maximum Gasteiger partial charge on any atom is 0.411 e. The lowest BCUT2D eigenvalue weighted by atomic mass is 9.95. The average molecular weight is 309 g/mol. The van der Waals surface area contributed by atoms with Crippen molar-refractivity contribution in [2.45, 2.75) is 65.1 Å². The molecule has 1 heterocycles. The molecule has 22 heavy (non-hydrogen) atoms. The number of rotatable bonds is 3. The lowest BCUT2D eigenvalue weighted by Crippen LogP contribution is -2.48. The quantitative estimate of drug-likeness (QED) is 0.805. The Morgan fingerprint density at radius 3 is 2.14 bits per heavy atom. The molecule has 1 aromatic heterocycles. The first-order valence-electron chi connectivity index (χ1n) is 7.30. The standard InChI is InChI=1S/C16H27N3O3/c1-14(2,3)19-10-12(9-17-19)16(7,11-20)18(8)13(21)22-15(4,5)6/h9-11H,1-8H3. The molecular weight excluding hydrogens is 282 g/mol. The first-order valence-corrected chi connectivity index (χ1v) is 7.30. The van der Waals surface area contributed by atoms with Crippen LogP contribution in [0.3, 0.4) is 0 Å². The molecule has 1 unspecified atom stereocenters. The Labute approximate surface area is 132 Å². The molecule has 0 bridgehead atoms. The second kappa shape index (κ2) is 5.74. The molecule has 0 saturated heterocycles. The van der Waals surface area contributed by atoms with Gasteiger partial charge in [-0.2, -0.15) is 5.10 Å². The van der Waals surface area contributed by atoms with E-state index in [1.165, 1.54) is 4.90 Å². The fourth-order valence-corrected chi connectivity index (χ4v) is 1.81. The van der Waals surface area contributed by atoms with Gasteiger partial charge < -0.3 is 9.53 Å². The first kappa shape index (κ1) is 18.2. The van der Waals surface area contributed by atoms with E-state index in [1.54, 1.807) is 51.8 Å². The van der Waals surface area contributed by atoms with Crippen molar-refractivity contribution in [3.05, 3.63) is 18.0 Å². The molecule has 0 aromatic carbocycles. The van der Waals surface area contributed by atoms with Crippen LogP contribution in [0.2, 0.25) is 0 Å². The molecule has 0 saturated carbocycles. The molecule has 6 heteroatoms. The lowest BCUT2D eigenvalue weighted by molar-refractivity contribution is -0.117. The Hall–Kier alpha value is -1.85. The Morgan fingerprint density at radius 1 is 1.23 bits per heavy atom. The summed E-state index contributed by atoms with van der Waals surface area (Å²) in [5, 5.41) is 4.30. The number of amides is 1. The summed E-state index contributed by atoms with van der Waals surface area (Å²) in [5.41, 5.74) is -1.31. The predicted molar refractivity (Wildman–Crippen MR) is 84.6 cm³/mol. The number of carbonyl (C=O) groups excluding carboxylic acids is 2. The Balaban J connectivity index is 3.13. The highest BCUT2D eigenvalue weighted by molar-refractivity contribution is 5.77. The molecule has 6 nitrogen and oxygen atoms in total. The van der Waals surface area contributed by atoms with Crippen LogP contribution in [0.5, 0.6) is 0 Å². The lowest BCUT2D eigenvalue weighted by Gasteiger charge is -2.34. The van der Waals surface area contributed by atoms with Gasteiger partial charge in [0.15, 0.2) is 0 Å². The van der Waals surface area contributed by atoms with Gasteiger partial charge in [-0.1, -0.05) is 0 Å². The summed E-state index contributed by atoms with van der Waals surface area (Å²) in [5.74, 6) is 0. The van der Waals surface area contributed by atoms with Crippen molar-refractivity contribution in [3.63, 3.8) is 0 Å². The zero-order valence-electron chi connectivity index (χ0n) is 14.8. The van der Waals surface area contributed by atoms with E-state index in [4.69, 9.17) is 4.74 Å². The van der Waals surface area contributed by atoms with Crippen molar-refractivity contribution in [1.29, 1.82) is 0 Å². The molecule has 1 amide bonds. The van der Waals surface area contributed by atoms with E-state index in [1.807, 2.05) is 20.8 Å². The van der Waals surface area contributed by atoms with E-state index >= 15 is 0 Å². The normalized spacial score (nSPS) is 15.1. The summed E-state index contributed by atoms with van der Waals surface area (Å²) in [7, 11) is 1.55. The molecule has 0 aliphatic rings. The molecule has 0 fully saturated rings. The van der Waals surface area contributed by atoms with Gasteiger partial charge in [0.25, 0.3) is 0 Å². The summed E-state index contributed by atoms with van der Waals surface area (Å²) in [6.07, 6.45) is 3.59. The Morgan fingerprint density at radius 2 is 1.77 bits per heavy atom. The van der Waals surface area contributed by atoms with Gasteiger partial charge >= 0.3 is 6.09 Å². The molecule has 0 radical (unpaired) electrons. The first-order chi connectivity index (χ1) is 9.81. The molecule has 1 aromatic rings. The van der Waals surface area contributed by atoms with Crippen LogP contribution in [0.1, 0.15) is 54.0 Å². The topological polar surface area (TPSA) is 64.4 Å². The largest absolute Gasteiger partial charge is 0.444 e. The van der Waals surface area contributed by atoms with Crippen LogP contribution < -0.4 is 0 Å². The third kappa shape index (κ3) is 3.87. The Bertz CT molecular complexity index is 552. The summed E-state index contributed by atoms with van der Waals surface area (Å²) >= 11 is 0. The van der Waals surface area contributed by atoms with Crippen molar-refractivity contribution in [2.24, 2.45) is 0 Å². The number of likely N-dealkylation sites (N-methyl/N-ethyl adjacent to an activating group) is 1. The summed E-state index contributed by atoms with van der Waals surface area (Å²) in [4.78, 5) is 25.3. The van der Waals surface area contributed by atoms with Gasteiger partial charge in [-0.15, -0.1) is 0 Å². The van der Waals surface area contributed by atoms with Crippen LogP contribution in [0, 0.1) is 0 Å². The van der Waals surface area contributed by atoms with Crippen molar-refractivity contribution in [3.8, 4) is 0 Å². The zero-order chi connectivity index (χ0) is 17.3. The van der Waals surface area contributed by atoms with E-state index in [0.29, 0.717) is 5.56 Å². The second-order valence-electron chi connectivity index (χ2n) is 7.65. The zero-order valence-corrected chi connectivity index (χ0v) is 14.8. The van der Waals surface area contributed by atoms with Crippen LogP contribution in [-0.2, 0) is 20.6 Å². The van der Waals surface area contributed by atoms with Crippen LogP contribution in [0.25, 0.3) is 0 Å². The van der Waals surface area contributed by atoms with Gasteiger partial charge in [0, 0.05) is 18.8 Å².